The summed E-state index contributed by atoms with van der Waals surface area (Å²) in [6, 6.07) is 5.66. The first-order valence-corrected chi connectivity index (χ1v) is 6.60. The molecular weight excluding hydrogens is 254 g/mol. The van der Waals surface area contributed by atoms with Gasteiger partial charge in [-0.3, -0.25) is 0 Å². The number of para-hydroxylation sites is 1. The highest BCUT2D eigenvalue weighted by Crippen LogP contribution is 2.34. The second-order valence-corrected chi connectivity index (χ2v) is 4.68. The third-order valence-corrected chi connectivity index (χ3v) is 3.43. The number of rotatable bonds is 6. The second kappa shape index (κ2) is 6.43. The predicted octanol–water partition coefficient (Wildman–Crippen LogP) is 2.07. The summed E-state index contributed by atoms with van der Waals surface area (Å²) in [5.41, 5.74) is 7.25. The van der Waals surface area contributed by atoms with Gasteiger partial charge in [0.2, 0.25) is 0 Å². The van der Waals surface area contributed by atoms with Crippen LogP contribution in [-0.2, 0) is 13.5 Å². The Kier molecular flexibility index (Phi) is 4.63. The van der Waals surface area contributed by atoms with Crippen LogP contribution in [0.4, 0.5) is 0 Å². The van der Waals surface area contributed by atoms with E-state index in [9.17, 15) is 0 Å². The van der Waals surface area contributed by atoms with Crippen molar-refractivity contribution in [3.63, 3.8) is 0 Å². The highest BCUT2D eigenvalue weighted by atomic mass is 16.5. The molecule has 0 amide bonds. The Labute approximate surface area is 119 Å². The molecule has 0 bridgehead atoms. The fourth-order valence-electron chi connectivity index (χ4n) is 2.28. The van der Waals surface area contributed by atoms with Gasteiger partial charge in [0, 0.05) is 37.5 Å². The average molecular weight is 275 g/mol. The Hall–Kier alpha value is -2.01. The molecule has 2 N–H and O–H groups in total. The van der Waals surface area contributed by atoms with Gasteiger partial charge in [-0.25, -0.2) is 4.98 Å². The third-order valence-electron chi connectivity index (χ3n) is 3.43. The highest BCUT2D eigenvalue weighted by molar-refractivity contribution is 5.48. The molecule has 1 heterocycles. The molecule has 20 heavy (non-hydrogen) atoms. The highest BCUT2D eigenvalue weighted by Gasteiger charge is 2.16. The van der Waals surface area contributed by atoms with Crippen molar-refractivity contribution in [3.8, 4) is 11.5 Å². The van der Waals surface area contributed by atoms with E-state index >= 15 is 0 Å². The van der Waals surface area contributed by atoms with Crippen molar-refractivity contribution in [1.82, 2.24) is 9.55 Å². The normalized spacial score (nSPS) is 12.2. The maximum Gasteiger partial charge on any atom is 0.165 e. The van der Waals surface area contributed by atoms with Gasteiger partial charge in [0.05, 0.1) is 14.2 Å². The number of aryl methyl sites for hydroxylation is 2. The molecule has 1 aromatic heterocycles. The van der Waals surface area contributed by atoms with E-state index in [-0.39, 0.29) is 6.04 Å². The first-order valence-electron chi connectivity index (χ1n) is 6.60. The number of hydrogen-bond acceptors (Lipinski definition) is 4. The SMILES string of the molecule is COc1cccc(C(N)CCc2nccn2C)c1OC. The van der Waals surface area contributed by atoms with Gasteiger partial charge in [-0.1, -0.05) is 12.1 Å². The lowest BCUT2D eigenvalue weighted by Gasteiger charge is -2.17. The van der Waals surface area contributed by atoms with Crippen LogP contribution >= 0.6 is 0 Å². The molecule has 1 atom stereocenters. The van der Waals surface area contributed by atoms with E-state index in [1.807, 2.05) is 36.0 Å². The molecule has 0 aliphatic heterocycles. The van der Waals surface area contributed by atoms with Gasteiger partial charge in [0.25, 0.3) is 0 Å². The van der Waals surface area contributed by atoms with Gasteiger partial charge in [-0.05, 0) is 12.5 Å². The Morgan fingerprint density at radius 2 is 2.10 bits per heavy atom. The quantitative estimate of drug-likeness (QED) is 0.876. The molecule has 0 saturated heterocycles. The largest absolute Gasteiger partial charge is 0.493 e. The molecule has 0 saturated carbocycles. The number of ether oxygens (including phenoxy) is 2. The van der Waals surface area contributed by atoms with Crippen LogP contribution in [0, 0.1) is 0 Å². The second-order valence-electron chi connectivity index (χ2n) is 4.68. The number of methoxy groups -OCH3 is 2. The van der Waals surface area contributed by atoms with E-state index in [1.54, 1.807) is 20.4 Å². The molecule has 5 heteroatoms. The minimum Gasteiger partial charge on any atom is -0.493 e. The van der Waals surface area contributed by atoms with Gasteiger partial charge >= 0.3 is 0 Å². The molecule has 108 valence electrons. The summed E-state index contributed by atoms with van der Waals surface area (Å²) in [6.07, 6.45) is 5.36. The number of benzene rings is 1. The van der Waals surface area contributed by atoms with Crippen LogP contribution in [0.3, 0.4) is 0 Å². The summed E-state index contributed by atoms with van der Waals surface area (Å²) in [5.74, 6) is 2.45. The van der Waals surface area contributed by atoms with Gasteiger partial charge in [0.1, 0.15) is 5.82 Å². The van der Waals surface area contributed by atoms with Crippen LogP contribution in [0.25, 0.3) is 0 Å². The molecule has 0 aliphatic rings. The number of nitrogens with two attached hydrogens (primary N) is 1. The standard InChI is InChI=1S/C15H21N3O2/c1-18-10-9-17-14(18)8-7-12(16)11-5-4-6-13(19-2)15(11)20-3/h4-6,9-10,12H,7-8,16H2,1-3H3. The van der Waals surface area contributed by atoms with Crippen LogP contribution in [-0.4, -0.2) is 23.8 Å². The van der Waals surface area contributed by atoms with Crippen molar-refractivity contribution in [1.29, 1.82) is 0 Å². The van der Waals surface area contributed by atoms with E-state index in [1.165, 1.54) is 0 Å². The summed E-state index contributed by atoms with van der Waals surface area (Å²) < 4.78 is 12.7. The van der Waals surface area contributed by atoms with E-state index < -0.39 is 0 Å². The summed E-state index contributed by atoms with van der Waals surface area (Å²) >= 11 is 0. The smallest absolute Gasteiger partial charge is 0.165 e. The topological polar surface area (TPSA) is 62.3 Å². The fourth-order valence-corrected chi connectivity index (χ4v) is 2.28. The number of hydrogen-bond donors (Lipinski definition) is 1. The molecular formula is C15H21N3O2. The summed E-state index contributed by atoms with van der Waals surface area (Å²) in [6.45, 7) is 0. The molecule has 0 aliphatic carbocycles. The average Bonchev–Trinajstić information content (AvgIpc) is 2.89. The molecule has 0 fully saturated rings. The zero-order valence-corrected chi connectivity index (χ0v) is 12.2. The minimum absolute atomic E-state index is 0.114. The first kappa shape index (κ1) is 14.4. The lowest BCUT2D eigenvalue weighted by Crippen LogP contribution is -2.14. The van der Waals surface area contributed by atoms with E-state index in [0.29, 0.717) is 11.5 Å². The lowest BCUT2D eigenvalue weighted by molar-refractivity contribution is 0.348. The minimum atomic E-state index is -0.114. The molecule has 1 unspecified atom stereocenters. The zero-order valence-electron chi connectivity index (χ0n) is 12.2. The van der Waals surface area contributed by atoms with Gasteiger partial charge < -0.3 is 19.8 Å². The molecule has 0 spiro atoms. The molecule has 0 radical (unpaired) electrons. The molecule has 1 aromatic carbocycles. The van der Waals surface area contributed by atoms with Gasteiger partial charge in [-0.2, -0.15) is 0 Å². The molecule has 2 rings (SSSR count). The number of aromatic nitrogens is 2. The van der Waals surface area contributed by atoms with Crippen molar-refractivity contribution < 1.29 is 9.47 Å². The summed E-state index contributed by atoms with van der Waals surface area (Å²) in [4.78, 5) is 4.31. The van der Waals surface area contributed by atoms with Crippen LogP contribution in [0.5, 0.6) is 11.5 Å². The Morgan fingerprint density at radius 3 is 2.70 bits per heavy atom. The lowest BCUT2D eigenvalue weighted by atomic mass is 10.0. The van der Waals surface area contributed by atoms with Gasteiger partial charge in [0.15, 0.2) is 11.5 Å². The van der Waals surface area contributed by atoms with Crippen LogP contribution in [0.15, 0.2) is 30.6 Å². The summed E-state index contributed by atoms with van der Waals surface area (Å²) in [5, 5.41) is 0. The zero-order chi connectivity index (χ0) is 14.5. The monoisotopic (exact) mass is 275 g/mol. The van der Waals surface area contributed by atoms with Crippen molar-refractivity contribution in [2.24, 2.45) is 12.8 Å². The van der Waals surface area contributed by atoms with Crippen molar-refractivity contribution in [3.05, 3.63) is 42.0 Å². The first-order chi connectivity index (χ1) is 9.67. The van der Waals surface area contributed by atoms with Crippen LogP contribution < -0.4 is 15.2 Å². The molecule has 5 nitrogen and oxygen atoms in total. The number of imidazole rings is 1. The maximum atomic E-state index is 6.29. The maximum absolute atomic E-state index is 6.29. The van der Waals surface area contributed by atoms with E-state index in [0.717, 1.165) is 24.2 Å². The Bertz CT molecular complexity index is 566. The van der Waals surface area contributed by atoms with E-state index in [2.05, 4.69) is 4.98 Å². The van der Waals surface area contributed by atoms with E-state index in [4.69, 9.17) is 15.2 Å². The Morgan fingerprint density at radius 1 is 1.30 bits per heavy atom. The predicted molar refractivity (Wildman–Crippen MR) is 78.0 cm³/mol. The van der Waals surface area contributed by atoms with Crippen molar-refractivity contribution >= 4 is 0 Å². The molecule has 2 aromatic rings. The van der Waals surface area contributed by atoms with Crippen molar-refractivity contribution in [2.75, 3.05) is 14.2 Å². The fraction of sp³-hybridized carbons (Fsp3) is 0.400. The summed E-state index contributed by atoms with van der Waals surface area (Å²) in [7, 11) is 5.24. The van der Waals surface area contributed by atoms with Crippen LogP contribution in [0.1, 0.15) is 23.9 Å². The Balaban J connectivity index is 2.13. The van der Waals surface area contributed by atoms with Crippen LogP contribution in [0.2, 0.25) is 0 Å². The van der Waals surface area contributed by atoms with Gasteiger partial charge in [-0.15, -0.1) is 0 Å². The third kappa shape index (κ3) is 2.93. The van der Waals surface area contributed by atoms with Crippen molar-refractivity contribution in [2.45, 2.75) is 18.9 Å². The number of nitrogens with zero attached hydrogens (tertiary/aromatic N) is 2.